The summed E-state index contributed by atoms with van der Waals surface area (Å²) in [6.45, 7) is 2.92. The van der Waals surface area contributed by atoms with Gasteiger partial charge in [0.15, 0.2) is 9.84 Å². The number of rotatable bonds is 12. The zero-order valence-electron chi connectivity index (χ0n) is 18.1. The summed E-state index contributed by atoms with van der Waals surface area (Å²) in [6.07, 6.45) is 6.24. The van der Waals surface area contributed by atoms with Gasteiger partial charge in [0, 0.05) is 12.0 Å². The van der Waals surface area contributed by atoms with Gasteiger partial charge in [0.1, 0.15) is 11.8 Å². The van der Waals surface area contributed by atoms with Gasteiger partial charge in [-0.05, 0) is 69.1 Å². The molecule has 3 fully saturated rings. The zero-order valence-corrected chi connectivity index (χ0v) is 19.0. The molecule has 2 saturated carbocycles. The highest BCUT2D eigenvalue weighted by Crippen LogP contribution is 2.50. The highest BCUT2D eigenvalue weighted by atomic mass is 32.2. The molecule has 1 unspecified atom stereocenters. The van der Waals surface area contributed by atoms with E-state index < -0.39 is 15.9 Å². The van der Waals surface area contributed by atoms with E-state index in [9.17, 15) is 18.0 Å². The Hall–Kier alpha value is -2.09. The lowest BCUT2D eigenvalue weighted by molar-refractivity contribution is -0.121. The van der Waals surface area contributed by atoms with E-state index in [1.807, 2.05) is 24.3 Å². The van der Waals surface area contributed by atoms with Gasteiger partial charge in [-0.1, -0.05) is 18.6 Å². The van der Waals surface area contributed by atoms with Crippen LogP contribution in [0.25, 0.3) is 0 Å². The molecule has 3 amide bonds. The number of amides is 3. The van der Waals surface area contributed by atoms with Crippen molar-refractivity contribution >= 4 is 21.8 Å². The van der Waals surface area contributed by atoms with E-state index in [0.717, 1.165) is 30.8 Å². The number of carbonyl (C=O) groups is 2. The number of unbranched alkanes of at least 4 members (excludes halogenated alkanes) is 2. The molecule has 31 heavy (non-hydrogen) atoms. The molecule has 8 heteroatoms. The summed E-state index contributed by atoms with van der Waals surface area (Å²) < 4.78 is 31.4. The standard InChI is InChI=1S/C23H32N2O5S/c1-17-21(26)24-22(27)25(17)12-3-2-4-13-31(28,29)16-23(10-11-23)19-6-5-7-20(14-19)30-15-18-8-9-18/h5-7,14,17-18H,2-4,8-13,15-16H2,1H3,(H,24,26,27). The number of sulfone groups is 1. The minimum Gasteiger partial charge on any atom is -0.493 e. The Bertz CT molecular complexity index is 937. The fourth-order valence-electron chi connectivity index (χ4n) is 4.25. The van der Waals surface area contributed by atoms with E-state index in [1.165, 1.54) is 17.7 Å². The van der Waals surface area contributed by atoms with E-state index in [1.54, 1.807) is 6.92 Å². The van der Waals surface area contributed by atoms with Crippen molar-refractivity contribution in [3.05, 3.63) is 29.8 Å². The first kappa shape index (κ1) is 22.1. The summed E-state index contributed by atoms with van der Waals surface area (Å²) in [4.78, 5) is 24.7. The molecule has 1 aliphatic heterocycles. The summed E-state index contributed by atoms with van der Waals surface area (Å²) in [5.41, 5.74) is 0.810. The summed E-state index contributed by atoms with van der Waals surface area (Å²) in [5.74, 6) is 1.60. The van der Waals surface area contributed by atoms with Crippen LogP contribution in [0.15, 0.2) is 24.3 Å². The van der Waals surface area contributed by atoms with Crippen LogP contribution in [0.3, 0.4) is 0 Å². The van der Waals surface area contributed by atoms with Crippen molar-refractivity contribution in [3.8, 4) is 5.75 Å². The maximum Gasteiger partial charge on any atom is 0.324 e. The Kier molecular flexibility index (Phi) is 6.28. The molecule has 0 spiro atoms. The lowest BCUT2D eigenvalue weighted by Gasteiger charge is -2.19. The molecule has 1 saturated heterocycles. The highest BCUT2D eigenvalue weighted by Gasteiger charge is 2.47. The molecule has 1 aromatic carbocycles. The molecule has 1 aromatic rings. The number of imide groups is 1. The number of urea groups is 1. The van der Waals surface area contributed by atoms with Crippen molar-refractivity contribution < 1.29 is 22.7 Å². The van der Waals surface area contributed by atoms with E-state index in [2.05, 4.69) is 5.32 Å². The lowest BCUT2D eigenvalue weighted by Crippen LogP contribution is -2.33. The Morgan fingerprint density at radius 2 is 1.94 bits per heavy atom. The van der Waals surface area contributed by atoms with E-state index in [-0.39, 0.29) is 28.9 Å². The summed E-state index contributed by atoms with van der Waals surface area (Å²) in [7, 11) is -3.17. The van der Waals surface area contributed by atoms with Crippen molar-refractivity contribution in [2.24, 2.45) is 5.92 Å². The number of hydrogen-bond acceptors (Lipinski definition) is 5. The van der Waals surface area contributed by atoms with Crippen LogP contribution < -0.4 is 10.1 Å². The fraction of sp³-hybridized carbons (Fsp3) is 0.652. The second kappa shape index (κ2) is 8.81. The number of benzene rings is 1. The summed E-state index contributed by atoms with van der Waals surface area (Å²) in [5, 5.41) is 2.29. The number of hydrogen-bond donors (Lipinski definition) is 1. The predicted molar refractivity (Wildman–Crippen MR) is 118 cm³/mol. The zero-order chi connectivity index (χ0) is 22.1. The molecular formula is C23H32N2O5S. The van der Waals surface area contributed by atoms with Crippen LogP contribution in [0.2, 0.25) is 0 Å². The van der Waals surface area contributed by atoms with Gasteiger partial charge in [-0.25, -0.2) is 13.2 Å². The largest absolute Gasteiger partial charge is 0.493 e. The highest BCUT2D eigenvalue weighted by molar-refractivity contribution is 7.91. The van der Waals surface area contributed by atoms with Crippen molar-refractivity contribution in [3.63, 3.8) is 0 Å². The van der Waals surface area contributed by atoms with Gasteiger partial charge in [0.05, 0.1) is 18.1 Å². The third-order valence-corrected chi connectivity index (χ3v) is 8.57. The maximum absolute atomic E-state index is 12.8. The fourth-order valence-corrected chi connectivity index (χ4v) is 6.34. The first-order valence-corrected chi connectivity index (χ1v) is 13.2. The van der Waals surface area contributed by atoms with Crippen LogP contribution in [0.5, 0.6) is 5.75 Å². The maximum atomic E-state index is 12.8. The smallest absolute Gasteiger partial charge is 0.324 e. The SMILES string of the molecule is CC1C(=O)NC(=O)N1CCCCCS(=O)(=O)CC1(c2cccc(OCC3CC3)c2)CC1. The second-order valence-electron chi connectivity index (χ2n) is 9.38. The molecule has 170 valence electrons. The molecule has 1 atom stereocenters. The van der Waals surface area contributed by atoms with Crippen LogP contribution in [0.1, 0.15) is 57.4 Å². The monoisotopic (exact) mass is 448 g/mol. The van der Waals surface area contributed by atoms with Crippen LogP contribution in [-0.4, -0.2) is 56.0 Å². The number of nitrogens with one attached hydrogen (secondary N) is 1. The van der Waals surface area contributed by atoms with Gasteiger partial charge in [0.2, 0.25) is 0 Å². The molecule has 1 N–H and O–H groups in total. The molecule has 0 bridgehead atoms. The summed E-state index contributed by atoms with van der Waals surface area (Å²) in [6, 6.07) is 7.15. The summed E-state index contributed by atoms with van der Waals surface area (Å²) >= 11 is 0. The van der Waals surface area contributed by atoms with Crippen LogP contribution in [0, 0.1) is 5.92 Å². The molecular weight excluding hydrogens is 416 g/mol. The minimum atomic E-state index is -3.17. The predicted octanol–water partition coefficient (Wildman–Crippen LogP) is 3.03. The molecule has 0 radical (unpaired) electrons. The first-order valence-electron chi connectivity index (χ1n) is 11.3. The van der Waals surface area contributed by atoms with Crippen molar-refractivity contribution in [1.82, 2.24) is 10.2 Å². The topological polar surface area (TPSA) is 92.8 Å². The third-order valence-electron chi connectivity index (χ3n) is 6.67. The van der Waals surface area contributed by atoms with E-state index in [0.29, 0.717) is 31.7 Å². The molecule has 2 aliphatic carbocycles. The van der Waals surface area contributed by atoms with Crippen LogP contribution >= 0.6 is 0 Å². The van der Waals surface area contributed by atoms with Gasteiger partial charge in [-0.3, -0.25) is 10.1 Å². The van der Waals surface area contributed by atoms with E-state index >= 15 is 0 Å². The Morgan fingerprint density at radius 1 is 1.16 bits per heavy atom. The molecule has 3 aliphatic rings. The minimum absolute atomic E-state index is 0.160. The molecule has 4 rings (SSSR count). The van der Waals surface area contributed by atoms with Crippen LogP contribution in [0.4, 0.5) is 4.79 Å². The Morgan fingerprint density at radius 3 is 2.58 bits per heavy atom. The average Bonchev–Trinajstić information content (AvgIpc) is 3.64. The molecule has 1 heterocycles. The van der Waals surface area contributed by atoms with Gasteiger partial charge >= 0.3 is 6.03 Å². The van der Waals surface area contributed by atoms with Gasteiger partial charge in [-0.15, -0.1) is 0 Å². The quantitative estimate of drug-likeness (QED) is 0.392. The number of ether oxygens (including phenoxy) is 1. The van der Waals surface area contributed by atoms with E-state index in [4.69, 9.17) is 4.74 Å². The van der Waals surface area contributed by atoms with Gasteiger partial charge in [-0.2, -0.15) is 0 Å². The second-order valence-corrected chi connectivity index (χ2v) is 11.6. The first-order chi connectivity index (χ1) is 14.8. The Labute approximate surface area is 184 Å². The third kappa shape index (κ3) is 5.59. The molecule has 0 aromatic heterocycles. The van der Waals surface area contributed by atoms with Crippen molar-refractivity contribution in [2.75, 3.05) is 24.7 Å². The van der Waals surface area contributed by atoms with Crippen molar-refractivity contribution in [2.45, 2.75) is 63.3 Å². The average molecular weight is 449 g/mol. The van der Waals surface area contributed by atoms with Crippen LogP contribution in [-0.2, 0) is 20.0 Å². The normalized spacial score (nSPS) is 22.5. The number of carbonyl (C=O) groups excluding carboxylic acids is 2. The number of nitrogens with zero attached hydrogens (tertiary/aromatic N) is 1. The lowest BCUT2D eigenvalue weighted by atomic mass is 9.98. The van der Waals surface area contributed by atoms with Crippen molar-refractivity contribution in [1.29, 1.82) is 0 Å². The van der Waals surface area contributed by atoms with Gasteiger partial charge < -0.3 is 9.64 Å². The van der Waals surface area contributed by atoms with Gasteiger partial charge in [0.25, 0.3) is 5.91 Å². The Balaban J connectivity index is 1.23. The molecule has 7 nitrogen and oxygen atoms in total.